The van der Waals surface area contributed by atoms with Crippen LogP contribution in [0.25, 0.3) is 0 Å². The average molecular weight is 367 g/mol. The third kappa shape index (κ3) is 4.11. The summed E-state index contributed by atoms with van der Waals surface area (Å²) in [6.45, 7) is 4.51. The molecule has 1 fully saturated rings. The minimum absolute atomic E-state index is 0.0192. The van der Waals surface area contributed by atoms with Crippen molar-refractivity contribution in [2.75, 3.05) is 20.8 Å². The number of nitrogens with zero attached hydrogens (tertiary/aromatic N) is 3. The Bertz CT molecular complexity index is 800. The molecule has 142 valence electrons. The molecule has 0 N–H and O–H groups in total. The summed E-state index contributed by atoms with van der Waals surface area (Å²) in [5.41, 5.74) is 1.90. The molecule has 0 spiro atoms. The van der Waals surface area contributed by atoms with Gasteiger partial charge in [0.05, 0.1) is 27.0 Å². The van der Waals surface area contributed by atoms with Gasteiger partial charge in [-0.15, -0.1) is 0 Å². The lowest BCUT2D eigenvalue weighted by atomic mass is 10.1. The first-order valence-corrected chi connectivity index (χ1v) is 8.93. The molecule has 0 aliphatic carbocycles. The molecule has 0 saturated carbocycles. The van der Waals surface area contributed by atoms with Crippen LogP contribution in [0, 0.1) is 0 Å². The fourth-order valence-corrected chi connectivity index (χ4v) is 3.11. The van der Waals surface area contributed by atoms with Gasteiger partial charge in [-0.3, -0.25) is 9.69 Å². The van der Waals surface area contributed by atoms with Crippen LogP contribution in [0.15, 0.2) is 53.6 Å². The lowest BCUT2D eigenvalue weighted by molar-refractivity contribution is -0.128. The quantitative estimate of drug-likeness (QED) is 0.735. The molecular formula is C21H25N3O3. The maximum absolute atomic E-state index is 12.6. The largest absolute Gasteiger partial charge is 0.497 e. The Morgan fingerprint density at radius 2 is 1.56 bits per heavy atom. The summed E-state index contributed by atoms with van der Waals surface area (Å²) in [4.78, 5) is 14.8. The van der Waals surface area contributed by atoms with Gasteiger partial charge in [-0.1, -0.05) is 12.1 Å². The zero-order valence-corrected chi connectivity index (χ0v) is 16.1. The zero-order valence-electron chi connectivity index (χ0n) is 16.1. The molecule has 1 aliphatic heterocycles. The van der Waals surface area contributed by atoms with Gasteiger partial charge in [0.2, 0.25) is 0 Å². The maximum Gasteiger partial charge on any atom is 0.258 e. The highest BCUT2D eigenvalue weighted by Gasteiger charge is 2.40. The van der Waals surface area contributed by atoms with E-state index in [4.69, 9.17) is 9.47 Å². The molecule has 27 heavy (non-hydrogen) atoms. The Balaban J connectivity index is 1.89. The molecule has 6 nitrogen and oxygen atoms in total. The van der Waals surface area contributed by atoms with E-state index in [1.165, 1.54) is 0 Å². The van der Waals surface area contributed by atoms with Gasteiger partial charge in [0.1, 0.15) is 17.7 Å². The Morgan fingerprint density at radius 3 is 2.07 bits per heavy atom. The zero-order chi connectivity index (χ0) is 19.4. The van der Waals surface area contributed by atoms with Crippen LogP contribution in [0.5, 0.6) is 11.5 Å². The van der Waals surface area contributed by atoms with Gasteiger partial charge in [-0.2, -0.15) is 5.10 Å². The van der Waals surface area contributed by atoms with E-state index in [0.29, 0.717) is 6.54 Å². The fourth-order valence-electron chi connectivity index (χ4n) is 3.11. The van der Waals surface area contributed by atoms with Crippen molar-refractivity contribution in [1.29, 1.82) is 0 Å². The van der Waals surface area contributed by atoms with Crippen LogP contribution in [0.1, 0.15) is 31.1 Å². The Labute approximate surface area is 160 Å². The predicted molar refractivity (Wildman–Crippen MR) is 105 cm³/mol. The van der Waals surface area contributed by atoms with E-state index in [-0.39, 0.29) is 18.1 Å². The Morgan fingerprint density at radius 1 is 1.00 bits per heavy atom. The van der Waals surface area contributed by atoms with Crippen LogP contribution in [0.3, 0.4) is 0 Å². The highest BCUT2D eigenvalue weighted by atomic mass is 16.5. The minimum atomic E-state index is -0.238. The van der Waals surface area contributed by atoms with E-state index >= 15 is 0 Å². The predicted octanol–water partition coefficient (Wildman–Crippen LogP) is 3.29. The Kier molecular flexibility index (Phi) is 5.76. The second-order valence-corrected chi connectivity index (χ2v) is 6.67. The lowest BCUT2D eigenvalue weighted by Crippen LogP contribution is -2.33. The first-order valence-electron chi connectivity index (χ1n) is 8.93. The summed E-state index contributed by atoms with van der Waals surface area (Å²) in [5.74, 6) is 1.55. The number of carbonyl (C=O) groups excluding carboxylic acids is 1. The van der Waals surface area contributed by atoms with Crippen molar-refractivity contribution in [2.24, 2.45) is 5.10 Å². The van der Waals surface area contributed by atoms with Gasteiger partial charge < -0.3 is 9.47 Å². The molecule has 1 aliphatic rings. The van der Waals surface area contributed by atoms with Gasteiger partial charge in [0.15, 0.2) is 0 Å². The summed E-state index contributed by atoms with van der Waals surface area (Å²) in [7, 11) is 3.27. The van der Waals surface area contributed by atoms with E-state index < -0.39 is 0 Å². The van der Waals surface area contributed by atoms with E-state index in [1.54, 1.807) is 25.4 Å². The van der Waals surface area contributed by atoms with Crippen LogP contribution in [-0.4, -0.2) is 48.8 Å². The summed E-state index contributed by atoms with van der Waals surface area (Å²) in [6, 6.07) is 15.5. The van der Waals surface area contributed by atoms with Crippen molar-refractivity contribution in [3.63, 3.8) is 0 Å². The molecule has 0 unspecified atom stereocenters. The standard InChI is InChI=1S/C21H25N3O3/c1-15(2)23-14-20(25)24(21(23)17-7-11-19(27-4)12-8-17)22-13-16-5-9-18(26-3)10-6-16/h5-13,15,21H,14H2,1-4H3/b22-13-/t21-/m0/s1. The molecule has 2 aromatic rings. The van der Waals surface area contributed by atoms with Crippen molar-refractivity contribution < 1.29 is 14.3 Å². The molecular weight excluding hydrogens is 342 g/mol. The van der Waals surface area contributed by atoms with Crippen LogP contribution < -0.4 is 9.47 Å². The fraction of sp³-hybridized carbons (Fsp3) is 0.333. The number of hydrogen-bond donors (Lipinski definition) is 0. The molecule has 0 radical (unpaired) electrons. The molecule has 1 heterocycles. The van der Waals surface area contributed by atoms with E-state index in [0.717, 1.165) is 22.6 Å². The molecule has 1 amide bonds. The van der Waals surface area contributed by atoms with E-state index in [9.17, 15) is 4.79 Å². The molecule has 1 saturated heterocycles. The molecule has 6 heteroatoms. The van der Waals surface area contributed by atoms with Gasteiger partial charge in [-0.25, -0.2) is 5.01 Å². The third-order valence-electron chi connectivity index (χ3n) is 4.64. The smallest absolute Gasteiger partial charge is 0.258 e. The normalized spacial score (nSPS) is 17.9. The number of ether oxygens (including phenoxy) is 2. The van der Waals surface area contributed by atoms with Crippen LogP contribution in [-0.2, 0) is 4.79 Å². The monoisotopic (exact) mass is 367 g/mol. The van der Waals surface area contributed by atoms with Crippen molar-refractivity contribution >= 4 is 12.1 Å². The number of methoxy groups -OCH3 is 2. The second kappa shape index (κ2) is 8.22. The first kappa shape index (κ1) is 18.9. The summed E-state index contributed by atoms with van der Waals surface area (Å²) >= 11 is 0. The van der Waals surface area contributed by atoms with Gasteiger partial charge >= 0.3 is 0 Å². The topological polar surface area (TPSA) is 54.4 Å². The lowest BCUT2D eigenvalue weighted by Gasteiger charge is -2.30. The van der Waals surface area contributed by atoms with Crippen molar-refractivity contribution in [3.8, 4) is 11.5 Å². The van der Waals surface area contributed by atoms with Crippen molar-refractivity contribution in [2.45, 2.75) is 26.1 Å². The van der Waals surface area contributed by atoms with Crippen molar-refractivity contribution in [3.05, 3.63) is 59.7 Å². The second-order valence-electron chi connectivity index (χ2n) is 6.67. The number of hydrazone groups is 1. The maximum atomic E-state index is 12.6. The van der Waals surface area contributed by atoms with Crippen LogP contribution in [0.2, 0.25) is 0 Å². The number of hydrogen-bond acceptors (Lipinski definition) is 5. The van der Waals surface area contributed by atoms with E-state index in [1.807, 2.05) is 48.5 Å². The number of rotatable bonds is 6. The number of amides is 1. The Hall–Kier alpha value is -2.86. The summed E-state index contributed by atoms with van der Waals surface area (Å²) < 4.78 is 10.4. The van der Waals surface area contributed by atoms with Crippen LogP contribution in [0.4, 0.5) is 0 Å². The molecule has 3 rings (SSSR count). The first-order chi connectivity index (χ1) is 13.0. The molecule has 0 bridgehead atoms. The minimum Gasteiger partial charge on any atom is -0.497 e. The SMILES string of the molecule is COc1ccc(/C=N\N2C(=O)CN(C(C)C)[C@@H]2c2ccc(OC)cc2)cc1. The number of benzene rings is 2. The van der Waals surface area contributed by atoms with Gasteiger partial charge in [0.25, 0.3) is 5.91 Å². The van der Waals surface area contributed by atoms with Gasteiger partial charge in [-0.05, 0) is 61.4 Å². The summed E-state index contributed by atoms with van der Waals surface area (Å²) in [6.07, 6.45) is 1.47. The van der Waals surface area contributed by atoms with Crippen LogP contribution >= 0.6 is 0 Å². The van der Waals surface area contributed by atoms with Gasteiger partial charge in [0, 0.05) is 6.04 Å². The van der Waals surface area contributed by atoms with Crippen molar-refractivity contribution in [1.82, 2.24) is 9.91 Å². The highest BCUT2D eigenvalue weighted by molar-refractivity contribution is 5.84. The number of carbonyl (C=O) groups is 1. The average Bonchev–Trinajstić information content (AvgIpc) is 3.03. The van der Waals surface area contributed by atoms with E-state index in [2.05, 4.69) is 23.8 Å². The molecule has 1 atom stereocenters. The summed E-state index contributed by atoms with van der Waals surface area (Å²) in [5, 5.41) is 6.07. The third-order valence-corrected chi connectivity index (χ3v) is 4.64. The molecule has 0 aromatic heterocycles. The molecule has 2 aromatic carbocycles. The highest BCUT2D eigenvalue weighted by Crippen LogP contribution is 2.33.